The number of hydrogen-bond acceptors (Lipinski definition) is 6. The maximum atomic E-state index is 12.9. The van der Waals surface area contributed by atoms with Crippen LogP contribution in [-0.4, -0.2) is 52.7 Å². The lowest BCUT2D eigenvalue weighted by atomic mass is 9.88. The number of ether oxygens (including phenoxy) is 1. The molecule has 33 heavy (non-hydrogen) atoms. The first-order valence-electron chi connectivity index (χ1n) is 11.5. The van der Waals surface area contributed by atoms with E-state index >= 15 is 0 Å². The summed E-state index contributed by atoms with van der Waals surface area (Å²) >= 11 is 1.43. The molecule has 1 aliphatic heterocycles. The van der Waals surface area contributed by atoms with Gasteiger partial charge in [0, 0.05) is 13.1 Å². The molecule has 0 bridgehead atoms. The molecule has 1 unspecified atom stereocenters. The van der Waals surface area contributed by atoms with E-state index in [2.05, 4.69) is 74.4 Å². The zero-order valence-electron chi connectivity index (χ0n) is 18.9. The lowest BCUT2D eigenvalue weighted by Gasteiger charge is -2.28. The van der Waals surface area contributed by atoms with E-state index in [0.29, 0.717) is 19.0 Å². The van der Waals surface area contributed by atoms with Crippen LogP contribution in [0.3, 0.4) is 0 Å². The van der Waals surface area contributed by atoms with E-state index in [1.807, 2.05) is 6.07 Å². The van der Waals surface area contributed by atoms with E-state index in [0.717, 1.165) is 49.1 Å². The van der Waals surface area contributed by atoms with E-state index in [-0.39, 0.29) is 11.9 Å². The third kappa shape index (κ3) is 4.91. The second-order valence-electron chi connectivity index (χ2n) is 8.56. The van der Waals surface area contributed by atoms with Crippen LogP contribution in [0.5, 0.6) is 0 Å². The number of aromatic nitrogens is 3. The van der Waals surface area contributed by atoms with E-state index in [9.17, 15) is 4.79 Å². The molecule has 1 atom stereocenters. The van der Waals surface area contributed by atoms with Crippen LogP contribution in [-0.2, 0) is 16.0 Å². The summed E-state index contributed by atoms with van der Waals surface area (Å²) in [5, 5.41) is 12.9. The molecule has 1 aromatic heterocycles. The third-order valence-corrected chi connectivity index (χ3v) is 7.14. The van der Waals surface area contributed by atoms with Gasteiger partial charge in [-0.25, -0.2) is 0 Å². The van der Waals surface area contributed by atoms with Crippen molar-refractivity contribution in [1.82, 2.24) is 20.1 Å². The Balaban J connectivity index is 1.33. The predicted molar refractivity (Wildman–Crippen MR) is 130 cm³/mol. The maximum Gasteiger partial charge on any atom is 0.232 e. The standard InChI is InChI=1S/C25H29N5O2S/c1-18-6-4-9-20(16-18)30-24(29-12-14-32-15-13-29)27-28-25(30)33-17-23(31)26-22-11-5-8-19-7-2-3-10-21(19)22/h2-4,6-7,9-10,16,22H,5,8,11-15,17H2,1H3,(H,26,31). The minimum Gasteiger partial charge on any atom is -0.378 e. The molecule has 7 nitrogen and oxygen atoms in total. The molecule has 1 saturated heterocycles. The fraction of sp³-hybridized carbons (Fsp3) is 0.400. The minimum atomic E-state index is 0.0217. The van der Waals surface area contributed by atoms with E-state index < -0.39 is 0 Å². The number of carbonyl (C=O) groups is 1. The summed E-state index contributed by atoms with van der Waals surface area (Å²) in [6, 6.07) is 16.8. The van der Waals surface area contributed by atoms with Gasteiger partial charge in [-0.15, -0.1) is 10.2 Å². The lowest BCUT2D eigenvalue weighted by molar-refractivity contribution is -0.119. The lowest BCUT2D eigenvalue weighted by Crippen LogP contribution is -2.38. The van der Waals surface area contributed by atoms with Crippen LogP contribution in [0.15, 0.2) is 53.7 Å². The van der Waals surface area contributed by atoms with Crippen LogP contribution in [0, 0.1) is 6.92 Å². The van der Waals surface area contributed by atoms with Crippen molar-refractivity contribution in [2.45, 2.75) is 37.4 Å². The highest BCUT2D eigenvalue weighted by Gasteiger charge is 2.24. The third-order valence-electron chi connectivity index (χ3n) is 6.21. The molecule has 0 spiro atoms. The molecule has 2 aliphatic rings. The SMILES string of the molecule is Cc1cccc(-n2c(SCC(=O)NC3CCCc4ccccc43)nnc2N2CCOCC2)c1. The fourth-order valence-electron chi connectivity index (χ4n) is 4.59. The molecule has 8 heteroatoms. The van der Waals surface area contributed by atoms with Crippen molar-refractivity contribution in [1.29, 1.82) is 0 Å². The highest BCUT2D eigenvalue weighted by molar-refractivity contribution is 7.99. The van der Waals surface area contributed by atoms with E-state index in [1.54, 1.807) is 0 Å². The summed E-state index contributed by atoms with van der Waals surface area (Å²) in [4.78, 5) is 15.1. The van der Waals surface area contributed by atoms with Gasteiger partial charge in [-0.05, 0) is 55.0 Å². The quantitative estimate of drug-likeness (QED) is 0.562. The van der Waals surface area contributed by atoms with Gasteiger partial charge in [0.1, 0.15) is 0 Å². The van der Waals surface area contributed by atoms with Crippen LogP contribution in [0.4, 0.5) is 5.95 Å². The molecule has 0 saturated carbocycles. The number of anilines is 1. The molecule has 2 aromatic carbocycles. The zero-order chi connectivity index (χ0) is 22.6. The Kier molecular flexibility index (Phi) is 6.64. The van der Waals surface area contributed by atoms with E-state index in [4.69, 9.17) is 4.74 Å². The number of nitrogens with one attached hydrogen (secondary N) is 1. The van der Waals surface area contributed by atoms with Gasteiger partial charge in [-0.2, -0.15) is 0 Å². The zero-order valence-corrected chi connectivity index (χ0v) is 19.7. The fourth-order valence-corrected chi connectivity index (χ4v) is 5.35. The average Bonchev–Trinajstić information content (AvgIpc) is 3.28. The van der Waals surface area contributed by atoms with Gasteiger partial charge in [0.2, 0.25) is 11.9 Å². The summed E-state index contributed by atoms with van der Waals surface area (Å²) in [7, 11) is 0. The van der Waals surface area contributed by atoms with E-state index in [1.165, 1.54) is 28.5 Å². The van der Waals surface area contributed by atoms with Gasteiger partial charge >= 0.3 is 0 Å². The predicted octanol–water partition coefficient (Wildman–Crippen LogP) is 3.70. The number of fused-ring (bicyclic) bond motifs is 1. The summed E-state index contributed by atoms with van der Waals surface area (Å²) in [6.45, 7) is 4.97. The highest BCUT2D eigenvalue weighted by atomic mass is 32.2. The number of thioether (sulfide) groups is 1. The number of rotatable bonds is 6. The first kappa shape index (κ1) is 22.0. The van der Waals surface area contributed by atoms with Crippen molar-refractivity contribution in [3.8, 4) is 5.69 Å². The Morgan fingerprint density at radius 1 is 1.15 bits per heavy atom. The van der Waals surface area contributed by atoms with Gasteiger partial charge in [-0.3, -0.25) is 9.36 Å². The number of nitrogens with zero attached hydrogens (tertiary/aromatic N) is 4. The summed E-state index contributed by atoms with van der Waals surface area (Å²) in [5.74, 6) is 1.12. The van der Waals surface area contributed by atoms with Gasteiger partial charge < -0.3 is 15.0 Å². The number of carbonyl (C=O) groups excluding carboxylic acids is 1. The van der Waals surface area contributed by atoms with Crippen molar-refractivity contribution in [3.63, 3.8) is 0 Å². The van der Waals surface area contributed by atoms with Crippen molar-refractivity contribution in [3.05, 3.63) is 65.2 Å². The van der Waals surface area contributed by atoms with Crippen molar-refractivity contribution >= 4 is 23.6 Å². The number of morpholine rings is 1. The molecule has 1 N–H and O–H groups in total. The molecule has 172 valence electrons. The summed E-state index contributed by atoms with van der Waals surface area (Å²) in [6.07, 6.45) is 3.16. The van der Waals surface area contributed by atoms with Crippen molar-refractivity contribution in [2.24, 2.45) is 0 Å². The van der Waals surface area contributed by atoms with Crippen LogP contribution >= 0.6 is 11.8 Å². The average molecular weight is 464 g/mol. The molecule has 1 aliphatic carbocycles. The maximum absolute atomic E-state index is 12.9. The molecular formula is C25H29N5O2S. The summed E-state index contributed by atoms with van der Waals surface area (Å²) < 4.78 is 7.57. The Bertz CT molecular complexity index is 1130. The number of benzene rings is 2. The Labute approximate surface area is 198 Å². The smallest absolute Gasteiger partial charge is 0.232 e. The van der Waals surface area contributed by atoms with Gasteiger partial charge in [-0.1, -0.05) is 48.2 Å². The van der Waals surface area contributed by atoms with Gasteiger partial charge in [0.15, 0.2) is 5.16 Å². The second kappa shape index (κ2) is 9.97. The monoisotopic (exact) mass is 463 g/mol. The minimum absolute atomic E-state index is 0.0217. The first-order valence-corrected chi connectivity index (χ1v) is 12.5. The Morgan fingerprint density at radius 3 is 2.85 bits per heavy atom. The van der Waals surface area contributed by atoms with Crippen molar-refractivity contribution in [2.75, 3.05) is 37.0 Å². The van der Waals surface area contributed by atoms with Crippen LogP contribution in [0.1, 0.15) is 35.6 Å². The molecule has 2 heterocycles. The van der Waals surface area contributed by atoms with Crippen LogP contribution < -0.4 is 10.2 Å². The summed E-state index contributed by atoms with van der Waals surface area (Å²) in [5.41, 5.74) is 4.76. The number of aryl methyl sites for hydroxylation is 2. The second-order valence-corrected chi connectivity index (χ2v) is 9.50. The van der Waals surface area contributed by atoms with Gasteiger partial charge in [0.05, 0.1) is 30.7 Å². The molecule has 1 amide bonds. The normalized spacial score (nSPS) is 18.1. The van der Waals surface area contributed by atoms with Crippen molar-refractivity contribution < 1.29 is 9.53 Å². The van der Waals surface area contributed by atoms with Crippen LogP contribution in [0.2, 0.25) is 0 Å². The Morgan fingerprint density at radius 2 is 2.00 bits per heavy atom. The number of hydrogen-bond donors (Lipinski definition) is 1. The van der Waals surface area contributed by atoms with Gasteiger partial charge in [0.25, 0.3) is 0 Å². The highest BCUT2D eigenvalue weighted by Crippen LogP contribution is 2.30. The number of amides is 1. The molecular weight excluding hydrogens is 434 g/mol. The molecule has 3 aromatic rings. The first-order chi connectivity index (χ1) is 16.2. The topological polar surface area (TPSA) is 72.3 Å². The Hall–Kier alpha value is -2.84. The largest absolute Gasteiger partial charge is 0.378 e. The van der Waals surface area contributed by atoms with Crippen LogP contribution in [0.25, 0.3) is 5.69 Å². The molecule has 1 fully saturated rings. The molecule has 5 rings (SSSR count). The molecule has 0 radical (unpaired) electrons.